The average molecular weight is 445 g/mol. The molecule has 0 fully saturated rings. The van der Waals surface area contributed by atoms with Crippen LogP contribution in [0.25, 0.3) is 0 Å². The lowest BCUT2D eigenvalue weighted by atomic mass is 9.87. The molecular weight excluding hydrogens is 412 g/mol. The SMILES string of the molecule is CC(C)(C)NCC(COc1cccc2c1CC(O)C(O)C2)c1ccc(CO[N+](=O)[O-])cc1. The number of ether oxygens (including phenoxy) is 1. The van der Waals surface area contributed by atoms with Crippen LogP contribution in [0.1, 0.15) is 48.9 Å². The van der Waals surface area contributed by atoms with Gasteiger partial charge in [-0.3, -0.25) is 0 Å². The van der Waals surface area contributed by atoms with E-state index in [-0.39, 0.29) is 18.1 Å². The second kappa shape index (κ2) is 10.3. The van der Waals surface area contributed by atoms with E-state index in [2.05, 4.69) is 30.9 Å². The molecule has 0 amide bonds. The largest absolute Gasteiger partial charge is 0.493 e. The van der Waals surface area contributed by atoms with Crippen molar-refractivity contribution in [1.82, 2.24) is 5.32 Å². The number of nitrogens with one attached hydrogen (secondary N) is 1. The molecule has 8 nitrogen and oxygen atoms in total. The van der Waals surface area contributed by atoms with E-state index in [1.807, 2.05) is 42.5 Å². The summed E-state index contributed by atoms with van der Waals surface area (Å²) in [5, 5.41) is 33.2. The van der Waals surface area contributed by atoms with Crippen LogP contribution >= 0.6 is 0 Å². The maximum atomic E-state index is 10.4. The van der Waals surface area contributed by atoms with Crippen LogP contribution in [-0.4, -0.2) is 46.2 Å². The molecule has 174 valence electrons. The van der Waals surface area contributed by atoms with Gasteiger partial charge in [0.2, 0.25) is 0 Å². The molecule has 0 saturated carbocycles. The Morgan fingerprint density at radius 3 is 2.47 bits per heavy atom. The highest BCUT2D eigenvalue weighted by Gasteiger charge is 2.27. The number of benzene rings is 2. The van der Waals surface area contributed by atoms with Gasteiger partial charge < -0.3 is 25.1 Å². The highest BCUT2D eigenvalue weighted by Crippen LogP contribution is 2.31. The molecule has 8 heteroatoms. The van der Waals surface area contributed by atoms with Crippen molar-refractivity contribution in [2.24, 2.45) is 0 Å². The molecule has 0 bridgehead atoms. The molecule has 1 aliphatic rings. The summed E-state index contributed by atoms with van der Waals surface area (Å²) in [6.45, 7) is 7.32. The zero-order valence-corrected chi connectivity index (χ0v) is 18.8. The average Bonchev–Trinajstić information content (AvgIpc) is 2.73. The number of nitrogens with zero attached hydrogens (tertiary/aromatic N) is 1. The second-order valence-corrected chi connectivity index (χ2v) is 9.31. The van der Waals surface area contributed by atoms with Gasteiger partial charge >= 0.3 is 0 Å². The predicted molar refractivity (Wildman–Crippen MR) is 120 cm³/mol. The van der Waals surface area contributed by atoms with Crippen LogP contribution < -0.4 is 10.1 Å². The van der Waals surface area contributed by atoms with E-state index >= 15 is 0 Å². The molecule has 0 heterocycles. The van der Waals surface area contributed by atoms with Gasteiger partial charge in [0, 0.05) is 36.4 Å². The lowest BCUT2D eigenvalue weighted by Crippen LogP contribution is -2.39. The van der Waals surface area contributed by atoms with Crippen LogP contribution in [0.15, 0.2) is 42.5 Å². The third-order valence-electron chi connectivity index (χ3n) is 5.62. The number of fused-ring (bicyclic) bond motifs is 1. The summed E-state index contributed by atoms with van der Waals surface area (Å²) in [4.78, 5) is 14.9. The fourth-order valence-electron chi connectivity index (χ4n) is 3.78. The van der Waals surface area contributed by atoms with E-state index in [0.29, 0.717) is 26.0 Å². The van der Waals surface area contributed by atoms with Gasteiger partial charge in [0.25, 0.3) is 5.09 Å². The first-order chi connectivity index (χ1) is 15.1. The van der Waals surface area contributed by atoms with Crippen molar-refractivity contribution in [2.45, 2.75) is 63.9 Å². The Labute approximate surface area is 188 Å². The van der Waals surface area contributed by atoms with Crippen molar-refractivity contribution < 1.29 is 24.9 Å². The first kappa shape index (κ1) is 24.0. The van der Waals surface area contributed by atoms with Gasteiger partial charge in [-0.05, 0) is 43.5 Å². The molecule has 3 rings (SSSR count). The Bertz CT molecular complexity index is 910. The van der Waals surface area contributed by atoms with Crippen LogP contribution in [0.5, 0.6) is 5.75 Å². The number of aliphatic hydroxyl groups is 2. The minimum absolute atomic E-state index is 0.0367. The Morgan fingerprint density at radius 2 is 1.81 bits per heavy atom. The number of rotatable bonds is 9. The summed E-state index contributed by atoms with van der Waals surface area (Å²) in [5.74, 6) is 0.764. The highest BCUT2D eigenvalue weighted by atomic mass is 16.9. The Balaban J connectivity index is 1.74. The smallest absolute Gasteiger partial charge is 0.294 e. The lowest BCUT2D eigenvalue weighted by molar-refractivity contribution is -0.763. The molecule has 3 N–H and O–H groups in total. The zero-order chi connectivity index (χ0) is 23.3. The molecule has 1 aliphatic carbocycles. The van der Waals surface area contributed by atoms with Crippen LogP contribution in [-0.2, 0) is 24.3 Å². The van der Waals surface area contributed by atoms with Crippen molar-refractivity contribution in [3.8, 4) is 5.75 Å². The molecule has 0 saturated heterocycles. The molecule has 0 spiro atoms. The topological polar surface area (TPSA) is 114 Å². The first-order valence-electron chi connectivity index (χ1n) is 10.8. The summed E-state index contributed by atoms with van der Waals surface area (Å²) in [6, 6.07) is 13.3. The number of aliphatic hydroxyl groups excluding tert-OH is 2. The fourth-order valence-corrected chi connectivity index (χ4v) is 3.78. The van der Waals surface area contributed by atoms with Gasteiger partial charge in [0.15, 0.2) is 0 Å². The molecule has 3 atom stereocenters. The number of hydrogen-bond acceptors (Lipinski definition) is 7. The second-order valence-electron chi connectivity index (χ2n) is 9.31. The molecule has 0 aliphatic heterocycles. The molecule has 32 heavy (non-hydrogen) atoms. The van der Waals surface area contributed by atoms with E-state index < -0.39 is 17.3 Å². The van der Waals surface area contributed by atoms with Gasteiger partial charge in [-0.1, -0.05) is 36.4 Å². The lowest BCUT2D eigenvalue weighted by Gasteiger charge is -2.29. The van der Waals surface area contributed by atoms with Crippen LogP contribution in [0.3, 0.4) is 0 Å². The van der Waals surface area contributed by atoms with Gasteiger partial charge in [0.1, 0.15) is 12.4 Å². The Kier molecular flexibility index (Phi) is 7.71. The summed E-state index contributed by atoms with van der Waals surface area (Å²) in [7, 11) is 0. The monoisotopic (exact) mass is 444 g/mol. The summed E-state index contributed by atoms with van der Waals surface area (Å²) in [5.41, 5.74) is 3.65. The maximum Gasteiger partial charge on any atom is 0.294 e. The summed E-state index contributed by atoms with van der Waals surface area (Å²) >= 11 is 0. The van der Waals surface area contributed by atoms with E-state index in [9.17, 15) is 20.3 Å². The van der Waals surface area contributed by atoms with Crippen molar-refractivity contribution in [3.05, 3.63) is 74.8 Å². The van der Waals surface area contributed by atoms with E-state index in [1.165, 1.54) is 0 Å². The van der Waals surface area contributed by atoms with Crippen LogP contribution in [0.2, 0.25) is 0 Å². The van der Waals surface area contributed by atoms with Gasteiger partial charge in [-0.25, -0.2) is 0 Å². The van der Waals surface area contributed by atoms with Crippen molar-refractivity contribution >= 4 is 0 Å². The van der Waals surface area contributed by atoms with Crippen molar-refractivity contribution in [2.75, 3.05) is 13.2 Å². The maximum absolute atomic E-state index is 10.4. The third-order valence-corrected chi connectivity index (χ3v) is 5.62. The quantitative estimate of drug-likeness (QED) is 0.402. The normalized spacial score (nSPS) is 19.2. The van der Waals surface area contributed by atoms with Crippen LogP contribution in [0.4, 0.5) is 0 Å². The predicted octanol–water partition coefficient (Wildman–Crippen LogP) is 2.77. The summed E-state index contributed by atoms with van der Waals surface area (Å²) in [6.07, 6.45) is -0.766. The van der Waals surface area contributed by atoms with Gasteiger partial charge in [-0.15, -0.1) is 10.1 Å². The standard InChI is InChI=1S/C24H32N2O6/c1-24(2,3)25-13-19(17-9-7-16(8-10-17)14-32-26(29)30)15-31-23-6-4-5-18-11-21(27)22(28)12-20(18)23/h4-10,19,21-22,25,27-28H,11-15H2,1-3H3. The summed E-state index contributed by atoms with van der Waals surface area (Å²) < 4.78 is 6.23. The van der Waals surface area contributed by atoms with E-state index in [1.54, 1.807) is 0 Å². The molecular formula is C24H32N2O6. The first-order valence-corrected chi connectivity index (χ1v) is 10.8. The number of hydrogen-bond donors (Lipinski definition) is 3. The molecule has 2 aromatic carbocycles. The highest BCUT2D eigenvalue weighted by molar-refractivity contribution is 5.43. The minimum Gasteiger partial charge on any atom is -0.493 e. The molecule has 0 aromatic heterocycles. The fraction of sp³-hybridized carbons (Fsp3) is 0.500. The van der Waals surface area contributed by atoms with Gasteiger partial charge in [0.05, 0.1) is 18.8 Å². The molecule has 3 unspecified atom stereocenters. The third kappa shape index (κ3) is 6.66. The minimum atomic E-state index is -0.797. The van der Waals surface area contributed by atoms with Crippen molar-refractivity contribution in [1.29, 1.82) is 0 Å². The van der Waals surface area contributed by atoms with E-state index in [4.69, 9.17) is 4.74 Å². The van der Waals surface area contributed by atoms with Crippen molar-refractivity contribution in [3.63, 3.8) is 0 Å². The molecule has 0 radical (unpaired) electrons. The Morgan fingerprint density at radius 1 is 1.12 bits per heavy atom. The van der Waals surface area contributed by atoms with E-state index in [0.717, 1.165) is 28.0 Å². The molecule has 2 aromatic rings. The van der Waals surface area contributed by atoms with Gasteiger partial charge in [-0.2, -0.15) is 0 Å². The Hall–Kier alpha value is -2.68. The van der Waals surface area contributed by atoms with Crippen LogP contribution in [0, 0.1) is 10.1 Å². The zero-order valence-electron chi connectivity index (χ0n) is 18.8.